The van der Waals surface area contributed by atoms with Crippen LogP contribution in [0.5, 0.6) is 0 Å². The van der Waals surface area contributed by atoms with Gasteiger partial charge in [-0.05, 0) is 6.07 Å². The predicted molar refractivity (Wildman–Crippen MR) is 31.5 cm³/mol. The third kappa shape index (κ3) is 1.10. The van der Waals surface area contributed by atoms with Crippen LogP contribution in [0.15, 0.2) is 24.3 Å². The van der Waals surface area contributed by atoms with E-state index in [0.29, 0.717) is 0 Å². The number of hydrogen-bond acceptors (Lipinski definition) is 1. The van der Waals surface area contributed by atoms with Gasteiger partial charge in [-0.25, -0.2) is 5.21 Å². The molecule has 1 N–H and O–H groups in total. The number of para-hydroxylation sites is 1. The van der Waals surface area contributed by atoms with Crippen LogP contribution in [-0.2, 0) is 0 Å². The van der Waals surface area contributed by atoms with Crippen LogP contribution in [0.1, 0.15) is 0 Å². The van der Waals surface area contributed by atoms with E-state index in [9.17, 15) is 9.30 Å². The van der Waals surface area contributed by atoms with Crippen LogP contribution >= 0.6 is 0 Å². The highest BCUT2D eigenvalue weighted by Crippen LogP contribution is 2.13. The molecule has 0 aliphatic heterocycles. The number of rotatable bonds is 1. The Kier molecular flexibility index (Phi) is 1.62. The van der Waals surface area contributed by atoms with Gasteiger partial charge < -0.3 is 0 Å². The highest BCUT2D eigenvalue weighted by atomic mass is 19.1. The van der Waals surface area contributed by atoms with Crippen molar-refractivity contribution in [3.63, 3.8) is 0 Å². The lowest BCUT2D eigenvalue weighted by molar-refractivity contribution is -0.730. The first-order valence-corrected chi connectivity index (χ1v) is 2.62. The number of hydrogen-bond donors (Lipinski definition) is 1. The normalized spacial score (nSPS) is 9.30. The molecule has 0 aliphatic carbocycles. The zero-order valence-electron chi connectivity index (χ0n) is 4.99. The van der Waals surface area contributed by atoms with Gasteiger partial charge in [0.15, 0.2) is 0 Å². The zero-order valence-corrected chi connectivity index (χ0v) is 4.99. The standard InChI is InChI=1S/C6H5FNO2/c7-5-3-1-2-4-6(5)8(9)10/h1-4H,(H,9,10)/q+1. The zero-order chi connectivity index (χ0) is 7.56. The van der Waals surface area contributed by atoms with Crippen molar-refractivity contribution < 1.29 is 14.5 Å². The average Bonchev–Trinajstić information content (AvgIpc) is 1.88. The van der Waals surface area contributed by atoms with Gasteiger partial charge in [-0.3, -0.25) is 0 Å². The van der Waals surface area contributed by atoms with Crippen LogP contribution in [0.4, 0.5) is 10.1 Å². The molecule has 10 heavy (non-hydrogen) atoms. The van der Waals surface area contributed by atoms with Crippen LogP contribution in [0.3, 0.4) is 0 Å². The molecule has 0 amide bonds. The van der Waals surface area contributed by atoms with Gasteiger partial charge in [0.05, 0.1) is 4.91 Å². The van der Waals surface area contributed by atoms with Crippen LogP contribution in [0, 0.1) is 10.7 Å². The summed E-state index contributed by atoms with van der Waals surface area (Å²) in [5.41, 5.74) is -0.373. The number of halogens is 1. The lowest BCUT2D eigenvalue weighted by Crippen LogP contribution is -1.93. The Balaban J connectivity index is 3.15. The minimum Gasteiger partial charge on any atom is -0.241 e. The average molecular weight is 142 g/mol. The maximum atomic E-state index is 12.4. The molecule has 0 unspecified atom stereocenters. The van der Waals surface area contributed by atoms with Crippen LogP contribution in [0.25, 0.3) is 0 Å². The van der Waals surface area contributed by atoms with Crippen LogP contribution < -0.4 is 0 Å². The second-order valence-corrected chi connectivity index (χ2v) is 1.72. The van der Waals surface area contributed by atoms with E-state index in [1.807, 2.05) is 0 Å². The van der Waals surface area contributed by atoms with E-state index in [2.05, 4.69) is 0 Å². The molecule has 0 radical (unpaired) electrons. The molecule has 1 aromatic carbocycles. The maximum Gasteiger partial charge on any atom is 0.351 e. The Labute approximate surface area is 56.2 Å². The van der Waals surface area contributed by atoms with Crippen molar-refractivity contribution in [3.8, 4) is 0 Å². The van der Waals surface area contributed by atoms with E-state index in [4.69, 9.17) is 5.21 Å². The molecular weight excluding hydrogens is 137 g/mol. The summed E-state index contributed by atoms with van der Waals surface area (Å²) in [6.07, 6.45) is 0. The summed E-state index contributed by atoms with van der Waals surface area (Å²) in [6, 6.07) is 5.17. The van der Waals surface area contributed by atoms with Gasteiger partial charge in [0, 0.05) is 6.07 Å². The first-order valence-electron chi connectivity index (χ1n) is 2.62. The van der Waals surface area contributed by atoms with E-state index in [-0.39, 0.29) is 5.69 Å². The number of nitrogens with zero attached hydrogens (tertiary/aromatic N) is 1. The Morgan fingerprint density at radius 3 is 2.40 bits per heavy atom. The lowest BCUT2D eigenvalue weighted by Gasteiger charge is -1.84. The second kappa shape index (κ2) is 2.43. The SMILES string of the molecule is O=[N+](O)c1ccccc1F. The molecule has 0 saturated heterocycles. The van der Waals surface area contributed by atoms with Gasteiger partial charge in [0.2, 0.25) is 5.82 Å². The monoisotopic (exact) mass is 142 g/mol. The Morgan fingerprint density at radius 2 is 2.00 bits per heavy atom. The Morgan fingerprint density at radius 1 is 1.40 bits per heavy atom. The molecule has 0 aliphatic rings. The molecule has 4 heteroatoms. The first-order chi connectivity index (χ1) is 4.72. The van der Waals surface area contributed by atoms with Crippen molar-refractivity contribution in [1.29, 1.82) is 0 Å². The molecule has 0 saturated carbocycles. The van der Waals surface area contributed by atoms with E-state index in [1.165, 1.54) is 18.2 Å². The van der Waals surface area contributed by atoms with Crippen molar-refractivity contribution >= 4 is 5.69 Å². The summed E-state index contributed by atoms with van der Waals surface area (Å²) in [7, 11) is 0. The molecule has 0 fully saturated rings. The lowest BCUT2D eigenvalue weighted by atomic mass is 10.3. The quantitative estimate of drug-likeness (QED) is 0.605. The molecule has 0 bridgehead atoms. The Hall–Kier alpha value is -1.45. The van der Waals surface area contributed by atoms with Gasteiger partial charge >= 0.3 is 5.69 Å². The van der Waals surface area contributed by atoms with Gasteiger partial charge in [0.25, 0.3) is 4.92 Å². The summed E-state index contributed by atoms with van der Waals surface area (Å²) in [5, 5.41) is 8.24. The van der Waals surface area contributed by atoms with E-state index in [0.717, 1.165) is 6.07 Å². The predicted octanol–water partition coefficient (Wildman–Crippen LogP) is 1.63. The summed E-state index contributed by atoms with van der Waals surface area (Å²) >= 11 is 0. The summed E-state index contributed by atoms with van der Waals surface area (Å²) in [4.78, 5) is 9.59. The topological polar surface area (TPSA) is 40.3 Å². The number of benzene rings is 1. The Bertz CT molecular complexity index is 262. The fraction of sp³-hybridized carbons (Fsp3) is 0. The third-order valence-corrected chi connectivity index (χ3v) is 1.06. The van der Waals surface area contributed by atoms with Crippen LogP contribution in [0.2, 0.25) is 0 Å². The third-order valence-electron chi connectivity index (χ3n) is 1.06. The fourth-order valence-electron chi connectivity index (χ4n) is 0.607. The van der Waals surface area contributed by atoms with Crippen molar-refractivity contribution in [2.24, 2.45) is 0 Å². The van der Waals surface area contributed by atoms with E-state index in [1.54, 1.807) is 0 Å². The van der Waals surface area contributed by atoms with Gasteiger partial charge in [-0.15, -0.1) is 0 Å². The van der Waals surface area contributed by atoms with Crippen molar-refractivity contribution in [2.45, 2.75) is 0 Å². The highest BCUT2D eigenvalue weighted by Gasteiger charge is 2.16. The summed E-state index contributed by atoms with van der Waals surface area (Å²) in [6.45, 7) is 0. The van der Waals surface area contributed by atoms with Gasteiger partial charge in [-0.2, -0.15) is 4.39 Å². The smallest absolute Gasteiger partial charge is 0.241 e. The second-order valence-electron chi connectivity index (χ2n) is 1.72. The largest absolute Gasteiger partial charge is 0.351 e. The van der Waals surface area contributed by atoms with Crippen molar-refractivity contribution in [3.05, 3.63) is 35.0 Å². The van der Waals surface area contributed by atoms with E-state index < -0.39 is 10.7 Å². The molecule has 1 aromatic rings. The summed E-state index contributed by atoms with van der Waals surface area (Å²) < 4.78 is 12.4. The van der Waals surface area contributed by atoms with Crippen molar-refractivity contribution in [1.82, 2.24) is 0 Å². The molecule has 1 rings (SSSR count). The van der Waals surface area contributed by atoms with Gasteiger partial charge in [0.1, 0.15) is 0 Å². The minimum atomic E-state index is -0.736. The molecule has 0 spiro atoms. The fourth-order valence-corrected chi connectivity index (χ4v) is 0.607. The summed E-state index contributed by atoms with van der Waals surface area (Å²) in [5.74, 6) is -0.736. The minimum absolute atomic E-state index is 0.373. The maximum absolute atomic E-state index is 12.4. The van der Waals surface area contributed by atoms with Crippen molar-refractivity contribution in [2.75, 3.05) is 0 Å². The van der Waals surface area contributed by atoms with Gasteiger partial charge in [-0.1, -0.05) is 12.1 Å². The molecule has 52 valence electrons. The molecule has 0 heterocycles. The van der Waals surface area contributed by atoms with Crippen LogP contribution in [-0.4, -0.2) is 10.1 Å². The van der Waals surface area contributed by atoms with E-state index >= 15 is 0 Å². The molecule has 0 atom stereocenters. The molecule has 3 nitrogen and oxygen atoms in total. The highest BCUT2D eigenvalue weighted by molar-refractivity contribution is 5.29. The molecule has 0 aromatic heterocycles. The molecular formula is C6H5FNO2+. The first kappa shape index (κ1) is 6.67.